The highest BCUT2D eigenvalue weighted by atomic mass is 19.4. The summed E-state index contributed by atoms with van der Waals surface area (Å²) in [5.41, 5.74) is 8.02. The summed E-state index contributed by atoms with van der Waals surface area (Å²) in [6.45, 7) is 16.1. The Balaban J connectivity index is 1.35. The van der Waals surface area contributed by atoms with E-state index >= 15 is 0 Å². The fourth-order valence-corrected chi connectivity index (χ4v) is 8.76. The van der Waals surface area contributed by atoms with Crippen LogP contribution in [-0.2, 0) is 6.18 Å². The van der Waals surface area contributed by atoms with Gasteiger partial charge in [0.1, 0.15) is 0 Å². The van der Waals surface area contributed by atoms with Crippen LogP contribution in [0.4, 0.5) is 24.5 Å². The summed E-state index contributed by atoms with van der Waals surface area (Å²) < 4.78 is 46.8. The van der Waals surface area contributed by atoms with E-state index in [0.29, 0.717) is 28.2 Å². The molecule has 6 nitrogen and oxygen atoms in total. The van der Waals surface area contributed by atoms with E-state index in [4.69, 9.17) is 13.1 Å². The van der Waals surface area contributed by atoms with Crippen LogP contribution in [0.15, 0.2) is 164 Å². The van der Waals surface area contributed by atoms with Gasteiger partial charge in [-0.15, -0.1) is 0 Å². The first-order chi connectivity index (χ1) is 30.2. The van der Waals surface area contributed by atoms with Crippen molar-refractivity contribution in [2.24, 2.45) is 0 Å². The number of hydrogen-bond acceptors (Lipinski definition) is 2. The van der Waals surface area contributed by atoms with Crippen LogP contribution in [-0.4, -0.2) is 9.13 Å². The van der Waals surface area contributed by atoms with Gasteiger partial charge in [0.05, 0.1) is 69.9 Å². The lowest BCUT2D eigenvalue weighted by Crippen LogP contribution is -2.07. The van der Waals surface area contributed by atoms with Crippen molar-refractivity contribution in [3.8, 4) is 56.9 Å². The van der Waals surface area contributed by atoms with Crippen molar-refractivity contribution in [3.05, 3.63) is 203 Å². The number of halogens is 3. The van der Waals surface area contributed by atoms with Crippen LogP contribution in [0.3, 0.4) is 0 Å². The first-order valence-corrected chi connectivity index (χ1v) is 19.4. The van der Waals surface area contributed by atoms with Gasteiger partial charge in [-0.25, -0.2) is 9.69 Å². The standard InChI is InChI=1S/C53H27F3N6/c1-59-44-16-8-5-13-38(44)34-20-24-49-43(28-34)40-15-7-10-18-47(40)62(49)51-26-32(30-57)25-50(52(51)41-22-21-36(53(54,55)56)29-45(41)60-2)61-46-17-9-6-14-39(46)42-27-33(19-23-48(42)61)37-12-4-3-11-35(37)31-58/h3-29H. The molecule has 10 aromatic rings. The average Bonchev–Trinajstić information content (AvgIpc) is 3.82. The van der Waals surface area contributed by atoms with E-state index in [-0.39, 0.29) is 16.8 Å². The molecule has 0 saturated heterocycles. The second-order valence-corrected chi connectivity index (χ2v) is 14.8. The van der Waals surface area contributed by atoms with Crippen molar-refractivity contribution in [1.29, 1.82) is 10.5 Å². The minimum absolute atomic E-state index is 0.206. The molecule has 9 heteroatoms. The van der Waals surface area contributed by atoms with E-state index in [9.17, 15) is 23.7 Å². The zero-order valence-electron chi connectivity index (χ0n) is 32.4. The monoisotopic (exact) mass is 804 g/mol. The van der Waals surface area contributed by atoms with E-state index in [1.54, 1.807) is 24.3 Å². The van der Waals surface area contributed by atoms with Crippen LogP contribution in [0, 0.1) is 35.8 Å². The summed E-state index contributed by atoms with van der Waals surface area (Å²) in [6, 6.07) is 53.4. The van der Waals surface area contributed by atoms with Crippen molar-refractivity contribution in [2.45, 2.75) is 6.18 Å². The topological polar surface area (TPSA) is 66.2 Å². The molecule has 0 N–H and O–H groups in total. The van der Waals surface area contributed by atoms with Gasteiger partial charge in [-0.05, 0) is 88.5 Å². The average molecular weight is 805 g/mol. The summed E-state index contributed by atoms with van der Waals surface area (Å²) >= 11 is 0. The minimum Gasteiger partial charge on any atom is -0.309 e. The summed E-state index contributed by atoms with van der Waals surface area (Å²) in [5, 5.41) is 24.2. The largest absolute Gasteiger partial charge is 0.415 e. The van der Waals surface area contributed by atoms with Gasteiger partial charge >= 0.3 is 6.18 Å². The molecule has 0 atom stereocenters. The van der Waals surface area contributed by atoms with Gasteiger partial charge in [-0.2, -0.15) is 23.7 Å². The number of hydrogen-bond donors (Lipinski definition) is 0. The SMILES string of the molecule is [C-]#[N+]c1ccccc1-c1ccc2c(c1)c1ccccc1n2-c1cc(C#N)cc(-n2c3ccccc3c3cc(-c4ccccc4C#N)ccc32)c1-c1ccc(C(F)(F)F)cc1[N+]#[C-]. The molecule has 0 unspecified atom stereocenters. The molecule has 0 spiro atoms. The molecule has 0 fully saturated rings. The maximum absolute atomic E-state index is 14.3. The molecule has 8 aromatic carbocycles. The Morgan fingerprint density at radius 3 is 1.55 bits per heavy atom. The van der Waals surface area contributed by atoms with Crippen LogP contribution < -0.4 is 0 Å². The third-order valence-corrected chi connectivity index (χ3v) is 11.5. The summed E-state index contributed by atoms with van der Waals surface area (Å²) in [4.78, 5) is 7.45. The lowest BCUT2D eigenvalue weighted by Gasteiger charge is -2.22. The molecule has 0 aliphatic rings. The number of nitrogens with zero attached hydrogens (tertiary/aromatic N) is 6. The molecule has 62 heavy (non-hydrogen) atoms. The van der Waals surface area contributed by atoms with Gasteiger partial charge in [0.25, 0.3) is 0 Å². The summed E-state index contributed by atoms with van der Waals surface area (Å²) in [5.74, 6) is 0. The highest BCUT2D eigenvalue weighted by Crippen LogP contribution is 2.47. The van der Waals surface area contributed by atoms with Crippen molar-refractivity contribution >= 4 is 55.0 Å². The van der Waals surface area contributed by atoms with Crippen molar-refractivity contribution in [3.63, 3.8) is 0 Å². The maximum Gasteiger partial charge on any atom is 0.415 e. The van der Waals surface area contributed by atoms with Crippen LogP contribution in [0.2, 0.25) is 0 Å². The first kappa shape index (κ1) is 37.4. The molecule has 0 bridgehead atoms. The predicted molar refractivity (Wildman–Crippen MR) is 238 cm³/mol. The number of nitriles is 2. The van der Waals surface area contributed by atoms with E-state index in [0.717, 1.165) is 78.0 Å². The molecule has 10 rings (SSSR count). The Labute approximate surface area is 353 Å². The van der Waals surface area contributed by atoms with Crippen LogP contribution in [0.5, 0.6) is 0 Å². The third-order valence-electron chi connectivity index (χ3n) is 11.5. The Hall–Kier alpha value is -8.89. The zero-order valence-corrected chi connectivity index (χ0v) is 32.4. The zero-order chi connectivity index (χ0) is 42.7. The highest BCUT2D eigenvalue weighted by Gasteiger charge is 2.32. The highest BCUT2D eigenvalue weighted by molar-refractivity contribution is 6.14. The van der Waals surface area contributed by atoms with Crippen molar-refractivity contribution in [1.82, 2.24) is 9.13 Å². The van der Waals surface area contributed by atoms with E-state index in [1.807, 2.05) is 130 Å². The molecular formula is C53H27F3N6. The summed E-state index contributed by atoms with van der Waals surface area (Å²) in [6.07, 6.45) is -4.70. The number of rotatable bonds is 5. The molecule has 0 saturated carbocycles. The smallest absolute Gasteiger partial charge is 0.309 e. The van der Waals surface area contributed by atoms with Crippen LogP contribution in [0.1, 0.15) is 16.7 Å². The molecule has 0 aliphatic heterocycles. The lowest BCUT2D eigenvalue weighted by molar-refractivity contribution is -0.137. The fourth-order valence-electron chi connectivity index (χ4n) is 8.76. The molecule has 0 aliphatic carbocycles. The molecular weight excluding hydrogens is 778 g/mol. The molecule has 2 heterocycles. The number of fused-ring (bicyclic) bond motifs is 6. The number of para-hydroxylation sites is 3. The summed E-state index contributed by atoms with van der Waals surface area (Å²) in [7, 11) is 0. The van der Waals surface area contributed by atoms with Gasteiger partial charge < -0.3 is 9.13 Å². The quantitative estimate of drug-likeness (QED) is 0.163. The second-order valence-electron chi connectivity index (χ2n) is 14.8. The van der Waals surface area contributed by atoms with E-state index in [1.165, 1.54) is 6.07 Å². The molecule has 290 valence electrons. The third kappa shape index (κ3) is 5.85. The van der Waals surface area contributed by atoms with Crippen molar-refractivity contribution < 1.29 is 13.2 Å². The Morgan fingerprint density at radius 2 is 0.984 bits per heavy atom. The van der Waals surface area contributed by atoms with Gasteiger partial charge in [0.2, 0.25) is 0 Å². The molecule has 0 radical (unpaired) electrons. The fraction of sp³-hybridized carbons (Fsp3) is 0.0189. The van der Waals surface area contributed by atoms with E-state index < -0.39 is 11.7 Å². The first-order valence-electron chi connectivity index (χ1n) is 19.4. The van der Waals surface area contributed by atoms with Gasteiger partial charge in [0, 0.05) is 32.7 Å². The van der Waals surface area contributed by atoms with Crippen LogP contribution >= 0.6 is 0 Å². The maximum atomic E-state index is 14.3. The Kier molecular flexibility index (Phi) is 8.70. The van der Waals surface area contributed by atoms with Gasteiger partial charge in [-0.3, -0.25) is 0 Å². The number of benzene rings is 8. The van der Waals surface area contributed by atoms with Gasteiger partial charge in [0.15, 0.2) is 11.4 Å². The normalized spacial score (nSPS) is 11.4. The number of alkyl halides is 3. The molecule has 2 aromatic heterocycles. The lowest BCUT2D eigenvalue weighted by atomic mass is 9.95. The van der Waals surface area contributed by atoms with Crippen LogP contribution in [0.25, 0.3) is 98.1 Å². The van der Waals surface area contributed by atoms with Crippen molar-refractivity contribution in [2.75, 3.05) is 0 Å². The van der Waals surface area contributed by atoms with E-state index in [2.05, 4.69) is 21.8 Å². The Bertz CT molecular complexity index is 3500. The Morgan fingerprint density at radius 1 is 0.468 bits per heavy atom. The number of aromatic nitrogens is 2. The molecule has 0 amide bonds. The second kappa shape index (κ2) is 14.4. The minimum atomic E-state index is -4.70. The van der Waals surface area contributed by atoms with Gasteiger partial charge in [-0.1, -0.05) is 103 Å². The predicted octanol–water partition coefficient (Wildman–Crippen LogP) is 14.7.